The van der Waals surface area contributed by atoms with Gasteiger partial charge in [0.25, 0.3) is 0 Å². The molecular weight excluding hydrogens is 171 g/mol. The third-order valence-corrected chi connectivity index (χ3v) is 2.83. The summed E-state index contributed by atoms with van der Waals surface area (Å²) in [5.74, 6) is 0.693. The zero-order valence-electron chi connectivity index (χ0n) is 9.16. The van der Waals surface area contributed by atoms with E-state index in [1.54, 1.807) is 0 Å². The summed E-state index contributed by atoms with van der Waals surface area (Å²) < 4.78 is 5.94. The first-order valence-corrected chi connectivity index (χ1v) is 5.42. The van der Waals surface area contributed by atoms with Crippen molar-refractivity contribution in [2.45, 2.75) is 33.2 Å². The average Bonchev–Trinajstić information content (AvgIpc) is 2.44. The maximum atomic E-state index is 5.94. The molecule has 14 heavy (non-hydrogen) atoms. The van der Waals surface area contributed by atoms with Gasteiger partial charge in [-0.25, -0.2) is 0 Å². The van der Waals surface area contributed by atoms with Crippen molar-refractivity contribution in [3.8, 4) is 0 Å². The van der Waals surface area contributed by atoms with Crippen LogP contribution in [0.5, 0.6) is 0 Å². The zero-order valence-corrected chi connectivity index (χ0v) is 9.16. The molecule has 0 bridgehead atoms. The van der Waals surface area contributed by atoms with E-state index in [9.17, 15) is 0 Å². The summed E-state index contributed by atoms with van der Waals surface area (Å²) in [4.78, 5) is 0. The molecule has 1 aliphatic rings. The molecule has 0 spiro atoms. The fourth-order valence-corrected chi connectivity index (χ4v) is 2.18. The molecule has 1 aromatic carbocycles. The van der Waals surface area contributed by atoms with Crippen LogP contribution in [0.1, 0.15) is 31.9 Å². The molecule has 0 saturated carbocycles. The van der Waals surface area contributed by atoms with Gasteiger partial charge >= 0.3 is 6.92 Å². The quantitative estimate of drug-likeness (QED) is 0.648. The first-order valence-electron chi connectivity index (χ1n) is 5.42. The predicted molar refractivity (Wildman–Crippen MR) is 61.0 cm³/mol. The molecule has 1 nitrogen and oxygen atoms in total. The number of hydrogen-bond acceptors (Lipinski definition) is 1. The lowest BCUT2D eigenvalue weighted by Gasteiger charge is -2.14. The van der Waals surface area contributed by atoms with Gasteiger partial charge in [-0.1, -0.05) is 44.9 Å². The highest BCUT2D eigenvalue weighted by molar-refractivity contribution is 6.67. The first kappa shape index (κ1) is 9.79. The Morgan fingerprint density at radius 2 is 2.07 bits per heavy atom. The van der Waals surface area contributed by atoms with Gasteiger partial charge in [0.05, 0.1) is 6.10 Å². The van der Waals surface area contributed by atoms with E-state index < -0.39 is 0 Å². The smallest absolute Gasteiger partial charge is 0.324 e. The van der Waals surface area contributed by atoms with E-state index in [0.29, 0.717) is 12.0 Å². The number of rotatable bonds is 2. The van der Waals surface area contributed by atoms with E-state index in [4.69, 9.17) is 4.65 Å². The molecule has 0 aliphatic carbocycles. The van der Waals surface area contributed by atoms with Gasteiger partial charge in [0.1, 0.15) is 0 Å². The molecule has 1 aliphatic heterocycles. The van der Waals surface area contributed by atoms with Gasteiger partial charge in [-0.15, -0.1) is 0 Å². The number of fused-ring (bicyclic) bond motifs is 1. The van der Waals surface area contributed by atoms with Crippen LogP contribution in [-0.2, 0) is 4.65 Å². The summed E-state index contributed by atoms with van der Waals surface area (Å²) in [6, 6.07) is 8.58. The van der Waals surface area contributed by atoms with Crippen molar-refractivity contribution in [3.05, 3.63) is 29.8 Å². The lowest BCUT2D eigenvalue weighted by atomic mass is 9.64. The second kappa shape index (κ2) is 3.78. The molecule has 0 aromatic heterocycles. The van der Waals surface area contributed by atoms with E-state index in [2.05, 4.69) is 44.9 Å². The van der Waals surface area contributed by atoms with E-state index >= 15 is 0 Å². The van der Waals surface area contributed by atoms with Crippen molar-refractivity contribution < 1.29 is 4.65 Å². The van der Waals surface area contributed by atoms with Gasteiger partial charge in [0.15, 0.2) is 0 Å². The van der Waals surface area contributed by atoms with Crippen molar-refractivity contribution in [2.24, 2.45) is 5.92 Å². The van der Waals surface area contributed by atoms with E-state index in [1.165, 1.54) is 11.0 Å². The Kier molecular flexibility index (Phi) is 2.64. The van der Waals surface area contributed by atoms with Crippen LogP contribution in [0.4, 0.5) is 0 Å². The Morgan fingerprint density at radius 1 is 1.36 bits per heavy atom. The predicted octanol–water partition coefficient (Wildman–Crippen LogP) is 2.63. The molecule has 0 amide bonds. The van der Waals surface area contributed by atoms with E-state index in [1.807, 2.05) is 0 Å². The highest BCUT2D eigenvalue weighted by Crippen LogP contribution is 2.29. The fraction of sp³-hybridized carbons (Fsp3) is 0.500. The second-order valence-corrected chi connectivity index (χ2v) is 4.53. The third-order valence-electron chi connectivity index (χ3n) is 2.83. The Labute approximate surface area is 86.6 Å². The zero-order chi connectivity index (χ0) is 10.1. The van der Waals surface area contributed by atoms with Crippen molar-refractivity contribution in [1.82, 2.24) is 0 Å². The highest BCUT2D eigenvalue weighted by Gasteiger charge is 2.31. The van der Waals surface area contributed by atoms with Crippen LogP contribution in [0.3, 0.4) is 0 Å². The Balaban J connectivity index is 2.25. The molecule has 0 fully saturated rings. The molecule has 0 N–H and O–H groups in total. The van der Waals surface area contributed by atoms with Gasteiger partial charge in [-0.2, -0.15) is 0 Å². The normalized spacial score (nSPS) is 20.3. The average molecular weight is 188 g/mol. The Hall–Kier alpha value is -0.755. The van der Waals surface area contributed by atoms with Crippen LogP contribution in [0.2, 0.25) is 6.82 Å². The van der Waals surface area contributed by atoms with E-state index in [-0.39, 0.29) is 6.92 Å². The van der Waals surface area contributed by atoms with Crippen LogP contribution < -0.4 is 5.46 Å². The molecule has 1 unspecified atom stereocenters. The molecule has 2 heteroatoms. The van der Waals surface area contributed by atoms with Crippen LogP contribution in [-0.4, -0.2) is 6.92 Å². The topological polar surface area (TPSA) is 9.23 Å². The maximum absolute atomic E-state index is 5.94. The van der Waals surface area contributed by atoms with E-state index in [0.717, 1.165) is 6.42 Å². The maximum Gasteiger partial charge on any atom is 0.324 e. The largest absolute Gasteiger partial charge is 0.424 e. The van der Waals surface area contributed by atoms with Gasteiger partial charge in [0.2, 0.25) is 0 Å². The van der Waals surface area contributed by atoms with Crippen LogP contribution in [0.25, 0.3) is 0 Å². The lowest BCUT2D eigenvalue weighted by molar-refractivity contribution is 0.194. The molecule has 1 aromatic rings. The lowest BCUT2D eigenvalue weighted by Crippen LogP contribution is -2.23. The third kappa shape index (κ3) is 1.71. The summed E-state index contributed by atoms with van der Waals surface area (Å²) in [5.41, 5.74) is 2.77. The van der Waals surface area contributed by atoms with Crippen molar-refractivity contribution in [1.29, 1.82) is 0 Å². The summed E-state index contributed by atoms with van der Waals surface area (Å²) in [6.45, 7) is 6.90. The van der Waals surface area contributed by atoms with Crippen molar-refractivity contribution >= 4 is 12.4 Å². The second-order valence-electron chi connectivity index (χ2n) is 4.53. The van der Waals surface area contributed by atoms with Crippen molar-refractivity contribution in [3.63, 3.8) is 0 Å². The monoisotopic (exact) mass is 188 g/mol. The standard InChI is InChI=1S/C12H17BO/c1-9(2)8-12-10-6-4-5-7-11(10)13(3)14-12/h4-7,9,12H,8H2,1-3H3. The minimum absolute atomic E-state index is 0.273. The van der Waals surface area contributed by atoms with Gasteiger partial charge in [0, 0.05) is 0 Å². The number of benzene rings is 1. The Morgan fingerprint density at radius 3 is 2.79 bits per heavy atom. The summed E-state index contributed by atoms with van der Waals surface area (Å²) in [6.07, 6.45) is 1.45. The molecule has 74 valence electrons. The molecule has 1 heterocycles. The molecule has 1 atom stereocenters. The van der Waals surface area contributed by atoms with Gasteiger partial charge in [-0.3, -0.25) is 0 Å². The first-order chi connectivity index (χ1) is 6.68. The molecule has 0 saturated heterocycles. The molecule has 2 rings (SSSR count). The van der Waals surface area contributed by atoms with Gasteiger partial charge < -0.3 is 4.65 Å². The van der Waals surface area contributed by atoms with Crippen molar-refractivity contribution in [2.75, 3.05) is 0 Å². The summed E-state index contributed by atoms with van der Waals surface area (Å²) in [7, 11) is 0. The van der Waals surface area contributed by atoms with Crippen LogP contribution in [0.15, 0.2) is 24.3 Å². The SMILES string of the molecule is CB1OC(CC(C)C)c2ccccc21. The van der Waals surface area contributed by atoms with Crippen LogP contribution in [0, 0.1) is 5.92 Å². The number of hydrogen-bond donors (Lipinski definition) is 0. The molecule has 0 radical (unpaired) electrons. The minimum Gasteiger partial charge on any atom is -0.424 e. The fourth-order valence-electron chi connectivity index (χ4n) is 2.18. The summed E-state index contributed by atoms with van der Waals surface area (Å²) in [5, 5.41) is 0. The van der Waals surface area contributed by atoms with Crippen LogP contribution >= 0.6 is 0 Å². The Bertz CT molecular complexity index is 320. The highest BCUT2D eigenvalue weighted by atomic mass is 16.5. The summed E-state index contributed by atoms with van der Waals surface area (Å²) >= 11 is 0. The minimum atomic E-state index is 0.273. The molecular formula is C12H17BO. The van der Waals surface area contributed by atoms with Gasteiger partial charge in [-0.05, 0) is 23.4 Å².